The van der Waals surface area contributed by atoms with Crippen molar-refractivity contribution in [2.24, 2.45) is 0 Å². The van der Waals surface area contributed by atoms with Gasteiger partial charge in [-0.05, 0) is 23.8 Å². The predicted octanol–water partition coefficient (Wildman–Crippen LogP) is 1.60. The summed E-state index contributed by atoms with van der Waals surface area (Å²) < 4.78 is 48.1. The molecular formula is C20H19FN2O6S. The van der Waals surface area contributed by atoms with Gasteiger partial charge >= 0.3 is 0 Å². The SMILES string of the molecule is CS(=O)(=O)c1ccc(COC2CN(C(=O)c3cc4c(cc3F)OCC(=O)N4)C2)cc1. The molecule has 8 nitrogen and oxygen atoms in total. The average Bonchev–Trinajstić information content (AvgIpc) is 2.66. The van der Waals surface area contributed by atoms with Crippen LogP contribution in [0.15, 0.2) is 41.3 Å². The zero-order valence-corrected chi connectivity index (χ0v) is 16.9. The van der Waals surface area contributed by atoms with Crippen molar-refractivity contribution in [1.29, 1.82) is 0 Å². The summed E-state index contributed by atoms with van der Waals surface area (Å²) in [4.78, 5) is 25.7. The third-order valence-corrected chi connectivity index (χ3v) is 6.03. The van der Waals surface area contributed by atoms with Crippen molar-refractivity contribution >= 4 is 27.3 Å². The number of likely N-dealkylation sites (tertiary alicyclic amines) is 1. The summed E-state index contributed by atoms with van der Waals surface area (Å²) in [6, 6.07) is 8.77. The highest BCUT2D eigenvalue weighted by atomic mass is 32.2. The molecule has 4 rings (SSSR count). The first-order chi connectivity index (χ1) is 14.2. The van der Waals surface area contributed by atoms with Crippen LogP contribution < -0.4 is 10.1 Å². The van der Waals surface area contributed by atoms with E-state index in [1.807, 2.05) is 0 Å². The van der Waals surface area contributed by atoms with Gasteiger partial charge in [-0.25, -0.2) is 12.8 Å². The summed E-state index contributed by atoms with van der Waals surface area (Å²) in [6.07, 6.45) is 0.942. The molecule has 2 aliphatic heterocycles. The Morgan fingerprint density at radius 3 is 2.63 bits per heavy atom. The maximum absolute atomic E-state index is 14.3. The number of hydrogen-bond acceptors (Lipinski definition) is 6. The molecule has 2 aliphatic rings. The number of sulfone groups is 1. The Balaban J connectivity index is 1.33. The lowest BCUT2D eigenvalue weighted by molar-refractivity contribution is -0.118. The second-order valence-corrected chi connectivity index (χ2v) is 9.24. The van der Waals surface area contributed by atoms with E-state index in [4.69, 9.17) is 9.47 Å². The van der Waals surface area contributed by atoms with Gasteiger partial charge in [-0.15, -0.1) is 0 Å². The highest BCUT2D eigenvalue weighted by molar-refractivity contribution is 7.90. The van der Waals surface area contributed by atoms with Crippen LogP contribution in [0.4, 0.5) is 10.1 Å². The molecule has 0 unspecified atom stereocenters. The molecule has 30 heavy (non-hydrogen) atoms. The number of carbonyl (C=O) groups is 2. The van der Waals surface area contributed by atoms with Gasteiger partial charge in [0.1, 0.15) is 11.6 Å². The van der Waals surface area contributed by atoms with E-state index >= 15 is 0 Å². The molecule has 10 heteroatoms. The van der Waals surface area contributed by atoms with Crippen LogP contribution in [0.2, 0.25) is 0 Å². The van der Waals surface area contributed by atoms with Crippen molar-refractivity contribution in [1.82, 2.24) is 4.90 Å². The molecule has 0 spiro atoms. The number of fused-ring (bicyclic) bond motifs is 1. The number of ether oxygens (including phenoxy) is 2. The Morgan fingerprint density at radius 2 is 1.97 bits per heavy atom. The summed E-state index contributed by atoms with van der Waals surface area (Å²) in [5, 5.41) is 2.55. The first-order valence-electron chi connectivity index (χ1n) is 9.17. The fourth-order valence-electron chi connectivity index (χ4n) is 3.19. The third kappa shape index (κ3) is 4.14. The van der Waals surface area contributed by atoms with E-state index in [2.05, 4.69) is 5.32 Å². The molecule has 1 fully saturated rings. The summed E-state index contributed by atoms with van der Waals surface area (Å²) in [7, 11) is -3.25. The van der Waals surface area contributed by atoms with E-state index in [0.717, 1.165) is 17.9 Å². The van der Waals surface area contributed by atoms with Crippen molar-refractivity contribution in [3.8, 4) is 5.75 Å². The van der Waals surface area contributed by atoms with Crippen LogP contribution >= 0.6 is 0 Å². The summed E-state index contributed by atoms with van der Waals surface area (Å²) in [6.45, 7) is 0.689. The smallest absolute Gasteiger partial charge is 0.262 e. The van der Waals surface area contributed by atoms with Gasteiger partial charge in [0.25, 0.3) is 11.8 Å². The quantitative estimate of drug-likeness (QED) is 0.767. The van der Waals surface area contributed by atoms with Crippen LogP contribution in [0.25, 0.3) is 0 Å². The lowest BCUT2D eigenvalue weighted by Gasteiger charge is -2.39. The van der Waals surface area contributed by atoms with Gasteiger partial charge in [-0.3, -0.25) is 9.59 Å². The average molecular weight is 434 g/mol. The molecule has 0 saturated carbocycles. The van der Waals surface area contributed by atoms with Crippen molar-refractivity contribution < 1.29 is 31.9 Å². The minimum Gasteiger partial charge on any atom is -0.481 e. The number of halogens is 1. The normalized spacial score (nSPS) is 16.3. The van der Waals surface area contributed by atoms with E-state index in [1.54, 1.807) is 12.1 Å². The highest BCUT2D eigenvalue weighted by Gasteiger charge is 2.34. The lowest BCUT2D eigenvalue weighted by Crippen LogP contribution is -2.54. The van der Waals surface area contributed by atoms with Gasteiger partial charge in [0.2, 0.25) is 0 Å². The van der Waals surface area contributed by atoms with Gasteiger partial charge in [0.15, 0.2) is 16.4 Å². The first-order valence-corrected chi connectivity index (χ1v) is 11.1. The fraction of sp³-hybridized carbons (Fsp3) is 0.300. The number of amides is 2. The molecule has 0 aliphatic carbocycles. The molecule has 0 bridgehead atoms. The van der Waals surface area contributed by atoms with E-state index in [0.29, 0.717) is 13.1 Å². The molecule has 2 aromatic rings. The zero-order chi connectivity index (χ0) is 21.5. The maximum Gasteiger partial charge on any atom is 0.262 e. The largest absolute Gasteiger partial charge is 0.481 e. The number of carbonyl (C=O) groups excluding carboxylic acids is 2. The molecule has 0 atom stereocenters. The molecule has 1 saturated heterocycles. The fourth-order valence-corrected chi connectivity index (χ4v) is 3.82. The first kappa shape index (κ1) is 20.3. The Kier molecular flexibility index (Phi) is 5.20. The monoisotopic (exact) mass is 434 g/mol. The predicted molar refractivity (Wildman–Crippen MR) is 105 cm³/mol. The number of nitrogens with one attached hydrogen (secondary N) is 1. The van der Waals surface area contributed by atoms with Crippen LogP contribution in [0, 0.1) is 5.82 Å². The second-order valence-electron chi connectivity index (χ2n) is 7.22. The lowest BCUT2D eigenvalue weighted by atomic mass is 10.1. The molecule has 0 radical (unpaired) electrons. The molecule has 2 aromatic carbocycles. The van der Waals surface area contributed by atoms with Gasteiger partial charge < -0.3 is 19.7 Å². The highest BCUT2D eigenvalue weighted by Crippen LogP contribution is 2.31. The molecule has 2 amide bonds. The minimum atomic E-state index is -3.25. The van der Waals surface area contributed by atoms with Crippen LogP contribution in [0.3, 0.4) is 0 Å². The summed E-state index contributed by atoms with van der Waals surface area (Å²) >= 11 is 0. The molecule has 2 heterocycles. The maximum atomic E-state index is 14.3. The van der Waals surface area contributed by atoms with Crippen molar-refractivity contribution in [3.05, 3.63) is 53.3 Å². The molecular weight excluding hydrogens is 415 g/mol. The van der Waals surface area contributed by atoms with Gasteiger partial charge in [-0.1, -0.05) is 12.1 Å². The van der Waals surface area contributed by atoms with Crippen LogP contribution in [0.1, 0.15) is 15.9 Å². The Hall–Kier alpha value is -2.98. The molecule has 0 aromatic heterocycles. The van der Waals surface area contributed by atoms with Crippen LogP contribution in [-0.2, 0) is 26.0 Å². The molecule has 1 N–H and O–H groups in total. The summed E-state index contributed by atoms with van der Waals surface area (Å²) in [5.41, 5.74) is 0.930. The number of benzene rings is 2. The van der Waals surface area contributed by atoms with Crippen LogP contribution in [0.5, 0.6) is 5.75 Å². The minimum absolute atomic E-state index is 0.144. The van der Waals surface area contributed by atoms with E-state index < -0.39 is 21.6 Å². The number of hydrogen-bond donors (Lipinski definition) is 1. The van der Waals surface area contributed by atoms with Crippen molar-refractivity contribution in [2.75, 3.05) is 31.3 Å². The van der Waals surface area contributed by atoms with Gasteiger partial charge in [0, 0.05) is 25.4 Å². The van der Waals surface area contributed by atoms with Gasteiger partial charge in [-0.2, -0.15) is 0 Å². The van der Waals surface area contributed by atoms with Crippen molar-refractivity contribution in [2.45, 2.75) is 17.6 Å². The number of nitrogens with zero attached hydrogens (tertiary/aromatic N) is 1. The topological polar surface area (TPSA) is 102 Å². The third-order valence-electron chi connectivity index (χ3n) is 4.90. The van der Waals surface area contributed by atoms with E-state index in [1.165, 1.54) is 23.1 Å². The second kappa shape index (κ2) is 7.69. The number of anilines is 1. The number of rotatable bonds is 5. The Morgan fingerprint density at radius 1 is 1.27 bits per heavy atom. The Labute approximate surface area is 172 Å². The van der Waals surface area contributed by atoms with Gasteiger partial charge in [0.05, 0.1) is 28.9 Å². The van der Waals surface area contributed by atoms with Crippen molar-refractivity contribution in [3.63, 3.8) is 0 Å². The van der Waals surface area contributed by atoms with Crippen LogP contribution in [-0.4, -0.2) is 57.2 Å². The standard InChI is InChI=1S/C20H19FN2O6S/c1-30(26,27)14-4-2-12(3-5-14)10-28-13-8-23(9-13)20(25)15-6-17-18(7-16(15)21)29-11-19(24)22-17/h2-7,13H,8-11H2,1H3,(H,22,24). The van der Waals surface area contributed by atoms with E-state index in [9.17, 15) is 22.4 Å². The molecule has 158 valence electrons. The zero-order valence-electron chi connectivity index (χ0n) is 16.1. The van der Waals surface area contributed by atoms with E-state index in [-0.39, 0.29) is 47.1 Å². The summed E-state index contributed by atoms with van der Waals surface area (Å²) in [5.74, 6) is -1.39. The Bertz CT molecular complexity index is 1110.